The van der Waals surface area contributed by atoms with Crippen molar-refractivity contribution < 1.29 is 4.79 Å². The van der Waals surface area contributed by atoms with E-state index in [1.807, 2.05) is 18.2 Å². The molecule has 1 aromatic carbocycles. The molecule has 1 aromatic rings. The molecule has 1 atom stereocenters. The SMILES string of the molecule is N=C(C(=O)NCC1CN2CCC1CC2)c1ccccc1. The van der Waals surface area contributed by atoms with Crippen LogP contribution in [-0.4, -0.2) is 42.7 Å². The highest BCUT2D eigenvalue weighted by molar-refractivity contribution is 6.44. The molecule has 3 aliphatic heterocycles. The van der Waals surface area contributed by atoms with Crippen LogP contribution in [-0.2, 0) is 4.79 Å². The molecule has 4 nitrogen and oxygen atoms in total. The number of carbonyl (C=O) groups is 1. The second-order valence-corrected chi connectivity index (χ2v) is 5.85. The number of hydrogen-bond donors (Lipinski definition) is 2. The Hall–Kier alpha value is -1.68. The van der Waals surface area contributed by atoms with Crippen LogP contribution in [0.3, 0.4) is 0 Å². The zero-order valence-corrected chi connectivity index (χ0v) is 11.6. The van der Waals surface area contributed by atoms with E-state index in [9.17, 15) is 4.79 Å². The van der Waals surface area contributed by atoms with Crippen molar-refractivity contribution >= 4 is 11.6 Å². The van der Waals surface area contributed by atoms with Gasteiger partial charge in [-0.15, -0.1) is 0 Å². The molecule has 3 fully saturated rings. The van der Waals surface area contributed by atoms with E-state index in [0.29, 0.717) is 18.0 Å². The van der Waals surface area contributed by atoms with Crippen molar-refractivity contribution in [2.24, 2.45) is 11.8 Å². The summed E-state index contributed by atoms with van der Waals surface area (Å²) in [6, 6.07) is 9.20. The number of carbonyl (C=O) groups excluding carboxylic acids is 1. The second kappa shape index (κ2) is 5.75. The summed E-state index contributed by atoms with van der Waals surface area (Å²) in [4.78, 5) is 14.5. The minimum absolute atomic E-state index is 0.0619. The van der Waals surface area contributed by atoms with E-state index in [4.69, 9.17) is 5.41 Å². The zero-order valence-electron chi connectivity index (χ0n) is 11.6. The molecule has 20 heavy (non-hydrogen) atoms. The van der Waals surface area contributed by atoms with Gasteiger partial charge in [0.05, 0.1) is 0 Å². The van der Waals surface area contributed by atoms with Crippen LogP contribution >= 0.6 is 0 Å². The first-order valence-corrected chi connectivity index (χ1v) is 7.38. The number of amides is 1. The van der Waals surface area contributed by atoms with E-state index in [1.54, 1.807) is 12.1 Å². The summed E-state index contributed by atoms with van der Waals surface area (Å²) in [6.45, 7) is 4.24. The first-order chi connectivity index (χ1) is 9.74. The van der Waals surface area contributed by atoms with Crippen LogP contribution in [0.4, 0.5) is 0 Å². The normalized spacial score (nSPS) is 28.1. The van der Waals surface area contributed by atoms with Crippen molar-refractivity contribution in [1.29, 1.82) is 5.41 Å². The van der Waals surface area contributed by atoms with Crippen LogP contribution in [0.2, 0.25) is 0 Å². The number of benzene rings is 1. The van der Waals surface area contributed by atoms with Crippen molar-refractivity contribution in [2.75, 3.05) is 26.2 Å². The minimum Gasteiger partial charge on any atom is -0.350 e. The fourth-order valence-corrected chi connectivity index (χ4v) is 3.37. The Bertz CT molecular complexity index is 492. The Balaban J connectivity index is 1.53. The zero-order chi connectivity index (χ0) is 13.9. The van der Waals surface area contributed by atoms with Gasteiger partial charge < -0.3 is 10.2 Å². The van der Waals surface area contributed by atoms with Gasteiger partial charge in [-0.05, 0) is 37.8 Å². The molecule has 0 spiro atoms. The first kappa shape index (κ1) is 13.3. The highest BCUT2D eigenvalue weighted by Crippen LogP contribution is 2.31. The minimum atomic E-state index is -0.257. The van der Waals surface area contributed by atoms with Crippen molar-refractivity contribution in [1.82, 2.24) is 10.2 Å². The summed E-state index contributed by atoms with van der Waals surface area (Å²) in [5.74, 6) is 1.06. The quantitative estimate of drug-likeness (QED) is 0.816. The first-order valence-electron chi connectivity index (χ1n) is 7.38. The van der Waals surface area contributed by atoms with Gasteiger partial charge >= 0.3 is 0 Å². The summed E-state index contributed by atoms with van der Waals surface area (Å²) < 4.78 is 0. The van der Waals surface area contributed by atoms with Crippen LogP contribution in [0, 0.1) is 17.2 Å². The average molecular weight is 271 g/mol. The molecule has 2 N–H and O–H groups in total. The van der Waals surface area contributed by atoms with Gasteiger partial charge in [-0.1, -0.05) is 30.3 Å². The highest BCUT2D eigenvalue weighted by atomic mass is 16.1. The number of piperidine rings is 3. The topological polar surface area (TPSA) is 56.2 Å². The molecular weight excluding hydrogens is 250 g/mol. The number of nitrogens with zero attached hydrogens (tertiary/aromatic N) is 1. The van der Waals surface area contributed by atoms with E-state index >= 15 is 0 Å². The molecule has 106 valence electrons. The number of fused-ring (bicyclic) bond motifs is 3. The van der Waals surface area contributed by atoms with Crippen LogP contribution in [0.1, 0.15) is 18.4 Å². The van der Waals surface area contributed by atoms with Crippen molar-refractivity contribution in [3.05, 3.63) is 35.9 Å². The number of hydrogen-bond acceptors (Lipinski definition) is 3. The maximum Gasteiger partial charge on any atom is 0.269 e. The van der Waals surface area contributed by atoms with Crippen molar-refractivity contribution in [2.45, 2.75) is 12.8 Å². The van der Waals surface area contributed by atoms with Gasteiger partial charge in [0.1, 0.15) is 5.71 Å². The van der Waals surface area contributed by atoms with Gasteiger partial charge in [-0.2, -0.15) is 0 Å². The Kier molecular flexibility index (Phi) is 3.83. The fourth-order valence-electron chi connectivity index (χ4n) is 3.37. The Morgan fingerprint density at radius 3 is 2.55 bits per heavy atom. The lowest BCUT2D eigenvalue weighted by Gasteiger charge is -2.44. The van der Waals surface area contributed by atoms with E-state index in [0.717, 1.165) is 12.5 Å². The molecule has 4 rings (SSSR count). The molecule has 0 radical (unpaired) electrons. The molecule has 3 saturated heterocycles. The van der Waals surface area contributed by atoms with Crippen LogP contribution in [0.15, 0.2) is 30.3 Å². The van der Waals surface area contributed by atoms with Crippen molar-refractivity contribution in [3.63, 3.8) is 0 Å². The lowest BCUT2D eigenvalue weighted by atomic mass is 9.79. The largest absolute Gasteiger partial charge is 0.350 e. The fraction of sp³-hybridized carbons (Fsp3) is 0.500. The summed E-state index contributed by atoms with van der Waals surface area (Å²) >= 11 is 0. The van der Waals surface area contributed by atoms with Gasteiger partial charge in [0.15, 0.2) is 0 Å². The third-order valence-electron chi connectivity index (χ3n) is 4.61. The molecule has 0 saturated carbocycles. The Labute approximate surface area is 119 Å². The van der Waals surface area contributed by atoms with Gasteiger partial charge in [-0.25, -0.2) is 0 Å². The predicted molar refractivity (Wildman–Crippen MR) is 78.9 cm³/mol. The standard InChI is InChI=1S/C16H21N3O/c17-15(13-4-2-1-3-5-13)16(20)18-10-14-11-19-8-6-12(14)7-9-19/h1-5,12,14,17H,6-11H2,(H,18,20). The third-order valence-corrected chi connectivity index (χ3v) is 4.61. The molecule has 3 aliphatic rings. The van der Waals surface area contributed by atoms with Crippen molar-refractivity contribution in [3.8, 4) is 0 Å². The smallest absolute Gasteiger partial charge is 0.269 e. The van der Waals surface area contributed by atoms with E-state index in [-0.39, 0.29) is 11.6 Å². The monoisotopic (exact) mass is 271 g/mol. The Morgan fingerprint density at radius 2 is 1.95 bits per heavy atom. The number of nitrogens with one attached hydrogen (secondary N) is 2. The molecular formula is C16H21N3O. The summed E-state index contributed by atoms with van der Waals surface area (Å²) in [6.07, 6.45) is 2.52. The van der Waals surface area contributed by atoms with Crippen LogP contribution < -0.4 is 5.32 Å². The third kappa shape index (κ3) is 2.75. The summed E-state index contributed by atoms with van der Waals surface area (Å²) in [7, 11) is 0. The average Bonchev–Trinajstić information content (AvgIpc) is 2.54. The second-order valence-electron chi connectivity index (χ2n) is 5.85. The van der Waals surface area contributed by atoms with Gasteiger partial charge in [0.2, 0.25) is 0 Å². The Morgan fingerprint density at radius 1 is 1.25 bits per heavy atom. The number of rotatable bonds is 4. The van der Waals surface area contributed by atoms with Gasteiger partial charge in [0, 0.05) is 18.7 Å². The van der Waals surface area contributed by atoms with E-state index in [2.05, 4.69) is 10.2 Å². The molecule has 1 unspecified atom stereocenters. The molecule has 2 bridgehead atoms. The molecule has 0 aliphatic carbocycles. The lowest BCUT2D eigenvalue weighted by Crippen LogP contribution is -2.51. The van der Waals surface area contributed by atoms with Gasteiger partial charge in [0.25, 0.3) is 5.91 Å². The molecule has 3 heterocycles. The molecule has 1 amide bonds. The van der Waals surface area contributed by atoms with E-state index < -0.39 is 0 Å². The lowest BCUT2D eigenvalue weighted by molar-refractivity contribution is -0.115. The maximum atomic E-state index is 12.0. The predicted octanol–water partition coefficient (Wildman–Crippen LogP) is 1.51. The van der Waals surface area contributed by atoms with Gasteiger partial charge in [-0.3, -0.25) is 10.2 Å². The molecule has 4 heteroatoms. The molecule has 0 aromatic heterocycles. The summed E-state index contributed by atoms with van der Waals surface area (Å²) in [5, 5.41) is 10.9. The van der Waals surface area contributed by atoms with E-state index in [1.165, 1.54) is 25.9 Å². The summed E-state index contributed by atoms with van der Waals surface area (Å²) in [5.41, 5.74) is 0.741. The highest BCUT2D eigenvalue weighted by Gasteiger charge is 2.34. The maximum absolute atomic E-state index is 12.0. The van der Waals surface area contributed by atoms with Crippen LogP contribution in [0.5, 0.6) is 0 Å². The van der Waals surface area contributed by atoms with Crippen LogP contribution in [0.25, 0.3) is 0 Å².